The van der Waals surface area contributed by atoms with Gasteiger partial charge in [-0.2, -0.15) is 0 Å². The standard InChI is InChI=1S/C15H13BrN4O3/c1-20-8-9(16)6-12(20)15(22)18-17-14(21)7-11-10-4-2-3-5-13(10)23-19-11/h2-6,8H,7H2,1H3,(H,17,21)(H,18,22). The molecular formula is C15H13BrN4O3. The molecule has 0 saturated heterocycles. The molecule has 0 aliphatic carbocycles. The van der Waals surface area contributed by atoms with Crippen molar-refractivity contribution in [2.45, 2.75) is 6.42 Å². The number of para-hydroxylation sites is 1. The molecule has 0 spiro atoms. The molecule has 0 fully saturated rings. The van der Waals surface area contributed by atoms with Crippen LogP contribution < -0.4 is 10.9 Å². The Morgan fingerprint density at radius 1 is 1.30 bits per heavy atom. The Balaban J connectivity index is 1.61. The first-order valence-corrected chi connectivity index (χ1v) is 7.58. The van der Waals surface area contributed by atoms with Gasteiger partial charge in [0.1, 0.15) is 11.4 Å². The van der Waals surface area contributed by atoms with Crippen molar-refractivity contribution in [2.24, 2.45) is 7.05 Å². The number of carbonyl (C=O) groups excluding carboxylic acids is 2. The Hall–Kier alpha value is -2.61. The van der Waals surface area contributed by atoms with Crippen LogP contribution in [0.1, 0.15) is 16.2 Å². The third-order valence-electron chi connectivity index (χ3n) is 3.30. The molecule has 0 bridgehead atoms. The Kier molecular flexibility index (Phi) is 4.16. The highest BCUT2D eigenvalue weighted by Crippen LogP contribution is 2.18. The van der Waals surface area contributed by atoms with E-state index in [1.165, 1.54) is 0 Å². The van der Waals surface area contributed by atoms with Crippen LogP contribution in [0.15, 0.2) is 45.5 Å². The Labute approximate surface area is 139 Å². The van der Waals surface area contributed by atoms with Gasteiger partial charge in [0.25, 0.3) is 5.91 Å². The highest BCUT2D eigenvalue weighted by atomic mass is 79.9. The number of fused-ring (bicyclic) bond motifs is 1. The lowest BCUT2D eigenvalue weighted by atomic mass is 10.2. The quantitative estimate of drug-likeness (QED) is 0.683. The van der Waals surface area contributed by atoms with Gasteiger partial charge in [-0.3, -0.25) is 20.4 Å². The predicted octanol–water partition coefficient (Wildman–Crippen LogP) is 1.93. The number of benzene rings is 1. The first-order chi connectivity index (χ1) is 11.0. The van der Waals surface area contributed by atoms with Crippen molar-refractivity contribution in [3.63, 3.8) is 0 Å². The van der Waals surface area contributed by atoms with Gasteiger partial charge in [0.15, 0.2) is 5.58 Å². The first-order valence-electron chi connectivity index (χ1n) is 6.79. The molecule has 2 amide bonds. The maximum atomic E-state index is 12.0. The van der Waals surface area contributed by atoms with Gasteiger partial charge >= 0.3 is 0 Å². The average Bonchev–Trinajstić information content (AvgIpc) is 3.08. The third-order valence-corrected chi connectivity index (χ3v) is 3.73. The number of aryl methyl sites for hydroxylation is 1. The average molecular weight is 377 g/mol. The summed E-state index contributed by atoms with van der Waals surface area (Å²) in [5.74, 6) is -0.790. The molecule has 2 N–H and O–H groups in total. The molecular weight excluding hydrogens is 364 g/mol. The minimum atomic E-state index is -0.406. The number of aromatic nitrogens is 2. The lowest BCUT2D eigenvalue weighted by molar-refractivity contribution is -0.121. The normalized spacial score (nSPS) is 10.7. The van der Waals surface area contributed by atoms with E-state index in [2.05, 4.69) is 31.9 Å². The molecule has 0 unspecified atom stereocenters. The monoisotopic (exact) mass is 376 g/mol. The molecule has 23 heavy (non-hydrogen) atoms. The SMILES string of the molecule is Cn1cc(Br)cc1C(=O)NNC(=O)Cc1noc2ccccc12. The molecule has 3 rings (SSSR count). The van der Waals surface area contributed by atoms with Crippen LogP contribution in [0.4, 0.5) is 0 Å². The minimum Gasteiger partial charge on any atom is -0.356 e. The largest absolute Gasteiger partial charge is 0.356 e. The third kappa shape index (κ3) is 3.26. The van der Waals surface area contributed by atoms with Crippen molar-refractivity contribution in [2.75, 3.05) is 0 Å². The van der Waals surface area contributed by atoms with Crippen molar-refractivity contribution in [1.29, 1.82) is 0 Å². The van der Waals surface area contributed by atoms with Gasteiger partial charge in [-0.25, -0.2) is 0 Å². The summed E-state index contributed by atoms with van der Waals surface area (Å²) in [5.41, 5.74) is 6.31. The van der Waals surface area contributed by atoms with Gasteiger partial charge in [0, 0.05) is 23.1 Å². The summed E-state index contributed by atoms with van der Waals surface area (Å²) >= 11 is 3.29. The second-order valence-electron chi connectivity index (χ2n) is 4.96. The lowest BCUT2D eigenvalue weighted by Crippen LogP contribution is -2.43. The van der Waals surface area contributed by atoms with Gasteiger partial charge in [-0.1, -0.05) is 17.3 Å². The highest BCUT2D eigenvalue weighted by molar-refractivity contribution is 9.10. The van der Waals surface area contributed by atoms with E-state index < -0.39 is 5.91 Å². The molecule has 0 aliphatic heterocycles. The van der Waals surface area contributed by atoms with E-state index >= 15 is 0 Å². The molecule has 8 heteroatoms. The van der Waals surface area contributed by atoms with Gasteiger partial charge in [0.2, 0.25) is 5.91 Å². The van der Waals surface area contributed by atoms with Crippen LogP contribution in [0.5, 0.6) is 0 Å². The number of nitrogens with one attached hydrogen (secondary N) is 2. The van der Waals surface area contributed by atoms with Crippen LogP contribution in [0.3, 0.4) is 0 Å². The van der Waals surface area contributed by atoms with Gasteiger partial charge < -0.3 is 9.09 Å². The van der Waals surface area contributed by atoms with E-state index in [4.69, 9.17) is 4.52 Å². The maximum absolute atomic E-state index is 12.0. The molecule has 1 aromatic carbocycles. The summed E-state index contributed by atoms with van der Waals surface area (Å²) in [6.45, 7) is 0. The van der Waals surface area contributed by atoms with Crippen molar-refractivity contribution < 1.29 is 14.1 Å². The minimum absolute atomic E-state index is 0.00806. The van der Waals surface area contributed by atoms with Crippen molar-refractivity contribution >= 4 is 38.7 Å². The number of amides is 2. The van der Waals surface area contributed by atoms with Gasteiger partial charge in [-0.05, 0) is 34.1 Å². The van der Waals surface area contributed by atoms with E-state index in [-0.39, 0.29) is 12.3 Å². The number of nitrogens with zero attached hydrogens (tertiary/aromatic N) is 2. The molecule has 0 atom stereocenters. The molecule has 7 nitrogen and oxygen atoms in total. The Morgan fingerprint density at radius 2 is 2.09 bits per heavy atom. The topological polar surface area (TPSA) is 89.2 Å². The fourth-order valence-electron chi connectivity index (χ4n) is 2.20. The van der Waals surface area contributed by atoms with E-state index in [0.717, 1.165) is 9.86 Å². The highest BCUT2D eigenvalue weighted by Gasteiger charge is 2.14. The summed E-state index contributed by atoms with van der Waals surface area (Å²) in [6.07, 6.45) is 1.76. The summed E-state index contributed by atoms with van der Waals surface area (Å²) in [6, 6.07) is 8.94. The molecule has 0 saturated carbocycles. The molecule has 0 radical (unpaired) electrons. The lowest BCUT2D eigenvalue weighted by Gasteiger charge is -2.07. The fraction of sp³-hybridized carbons (Fsp3) is 0.133. The van der Waals surface area contributed by atoms with Crippen LogP contribution in [0.2, 0.25) is 0 Å². The van der Waals surface area contributed by atoms with Crippen LogP contribution in [0, 0.1) is 0 Å². The van der Waals surface area contributed by atoms with Crippen molar-refractivity contribution in [3.8, 4) is 0 Å². The van der Waals surface area contributed by atoms with Crippen LogP contribution >= 0.6 is 15.9 Å². The molecule has 2 heterocycles. The predicted molar refractivity (Wildman–Crippen MR) is 86.4 cm³/mol. The zero-order valence-corrected chi connectivity index (χ0v) is 13.8. The van der Waals surface area contributed by atoms with Crippen molar-refractivity contribution in [1.82, 2.24) is 20.6 Å². The van der Waals surface area contributed by atoms with Crippen LogP contribution in [-0.4, -0.2) is 21.5 Å². The number of hydrogen-bond donors (Lipinski definition) is 2. The summed E-state index contributed by atoms with van der Waals surface area (Å²) in [4.78, 5) is 24.0. The number of halogens is 1. The van der Waals surface area contributed by atoms with E-state index in [1.807, 2.05) is 18.2 Å². The smallest absolute Gasteiger partial charge is 0.286 e. The number of carbonyl (C=O) groups is 2. The molecule has 0 aliphatic rings. The summed E-state index contributed by atoms with van der Waals surface area (Å²) in [5, 5.41) is 4.66. The Morgan fingerprint density at radius 3 is 2.83 bits per heavy atom. The van der Waals surface area contributed by atoms with Crippen LogP contribution in [0.25, 0.3) is 11.0 Å². The second kappa shape index (κ2) is 6.25. The zero-order valence-electron chi connectivity index (χ0n) is 12.2. The fourth-order valence-corrected chi connectivity index (χ4v) is 2.73. The first kappa shape index (κ1) is 15.3. The molecule has 118 valence electrons. The van der Waals surface area contributed by atoms with E-state index in [9.17, 15) is 9.59 Å². The van der Waals surface area contributed by atoms with Crippen molar-refractivity contribution in [3.05, 3.63) is 52.4 Å². The maximum Gasteiger partial charge on any atom is 0.286 e. The molecule has 2 aromatic heterocycles. The van der Waals surface area contributed by atoms with Crippen LogP contribution in [-0.2, 0) is 18.3 Å². The Bertz CT molecular complexity index is 884. The number of hydrogen-bond acceptors (Lipinski definition) is 4. The summed E-state index contributed by atoms with van der Waals surface area (Å²) in [7, 11) is 1.74. The number of rotatable bonds is 3. The zero-order chi connectivity index (χ0) is 16.4. The van der Waals surface area contributed by atoms with Gasteiger partial charge in [0.05, 0.1) is 6.42 Å². The van der Waals surface area contributed by atoms with E-state index in [0.29, 0.717) is 17.0 Å². The number of hydrazine groups is 1. The van der Waals surface area contributed by atoms with E-state index in [1.54, 1.807) is 29.9 Å². The van der Waals surface area contributed by atoms with Gasteiger partial charge in [-0.15, -0.1) is 0 Å². The molecule has 3 aromatic rings. The second-order valence-corrected chi connectivity index (χ2v) is 5.87. The summed E-state index contributed by atoms with van der Waals surface area (Å²) < 4.78 is 7.57.